The van der Waals surface area contributed by atoms with E-state index in [2.05, 4.69) is 37.2 Å². The number of aliphatic hydroxyl groups excluding tert-OH is 2. The lowest BCUT2D eigenvalue weighted by molar-refractivity contribution is -0.117. The molecule has 0 fully saturated rings. The zero-order chi connectivity index (χ0) is 44.8. The van der Waals surface area contributed by atoms with Crippen molar-refractivity contribution in [1.82, 2.24) is 9.48 Å². The lowest BCUT2D eigenvalue weighted by Gasteiger charge is -2.47. The number of sulfone groups is 1. The summed E-state index contributed by atoms with van der Waals surface area (Å²) in [5, 5.41) is 22.9. The molecule has 0 aromatic heterocycles. The molecule has 62 heavy (non-hydrogen) atoms. The standard InChI is InChI=1S/C47H53F3N3O7S2/c1-25(56)11-8-14-51(6)45(57)36-35(38(49)44(39(50)37(36)48)61-17-18-62(7,58)59)34-32-19-30-26(23-54)21-46(2,3)52-15-9-12-28(40(30)52)42(32)60-43-29-13-10-16-53-41(29)31(20-33(34)43)27(24-55)22-47(53,4)5/h19-22,54-55H,8-18,23-24H2,1-7H3/q+1. The van der Waals surface area contributed by atoms with Gasteiger partial charge in [-0.25, -0.2) is 26.2 Å². The molecule has 3 aromatic rings. The molecule has 5 aliphatic rings. The molecule has 0 saturated heterocycles. The molecule has 1 amide bonds. The van der Waals surface area contributed by atoms with Crippen LogP contribution in [0, 0.1) is 17.5 Å². The van der Waals surface area contributed by atoms with E-state index in [1.54, 1.807) is 12.1 Å². The highest BCUT2D eigenvalue weighted by atomic mass is 32.2. The van der Waals surface area contributed by atoms with Crippen molar-refractivity contribution in [1.29, 1.82) is 0 Å². The van der Waals surface area contributed by atoms with E-state index < -0.39 is 66.0 Å². The van der Waals surface area contributed by atoms with Crippen molar-refractivity contribution in [3.05, 3.63) is 91.3 Å². The number of carbonyl (C=O) groups excluding carboxylic acids is 2. The van der Waals surface area contributed by atoms with Crippen LogP contribution in [0.2, 0.25) is 0 Å². The Kier molecular flexibility index (Phi) is 11.4. The molecule has 8 rings (SSSR count). The van der Waals surface area contributed by atoms with E-state index in [-0.39, 0.29) is 49.7 Å². The normalized spacial score (nSPS) is 17.9. The number of ketones is 1. The van der Waals surface area contributed by atoms with Crippen LogP contribution in [-0.4, -0.2) is 104 Å². The Morgan fingerprint density at radius 2 is 1.63 bits per heavy atom. The number of anilines is 1. The Labute approximate surface area is 364 Å². The van der Waals surface area contributed by atoms with Gasteiger partial charge in [0.15, 0.2) is 17.2 Å². The van der Waals surface area contributed by atoms with E-state index in [1.165, 1.54) is 14.0 Å². The number of halogens is 3. The van der Waals surface area contributed by atoms with Crippen LogP contribution in [0.25, 0.3) is 16.7 Å². The van der Waals surface area contributed by atoms with Crippen molar-refractivity contribution in [3.63, 3.8) is 0 Å². The quantitative estimate of drug-likeness (QED) is 0.107. The summed E-state index contributed by atoms with van der Waals surface area (Å²) in [5.74, 6) is -5.56. The molecule has 2 N–H and O–H groups in total. The van der Waals surface area contributed by atoms with Crippen molar-refractivity contribution in [2.24, 2.45) is 0 Å². The molecule has 5 aliphatic heterocycles. The fourth-order valence-corrected chi connectivity index (χ4v) is 12.3. The average molecular weight is 893 g/mol. The smallest absolute Gasteiger partial charge is 0.257 e. The first kappa shape index (κ1) is 44.2. The maximum atomic E-state index is 18.1. The lowest BCUT2D eigenvalue weighted by atomic mass is 9.78. The minimum absolute atomic E-state index is 0.0150. The molecule has 10 nitrogen and oxygen atoms in total. The molecule has 0 aliphatic carbocycles. The fraction of sp³-hybridized carbons (Fsp3) is 0.468. The second-order valence-electron chi connectivity index (χ2n) is 18.2. The first-order valence-corrected chi connectivity index (χ1v) is 24.2. The second kappa shape index (κ2) is 16.0. The van der Waals surface area contributed by atoms with E-state index in [4.69, 9.17) is 4.74 Å². The van der Waals surface area contributed by atoms with Gasteiger partial charge < -0.3 is 29.5 Å². The molecule has 330 valence electrons. The van der Waals surface area contributed by atoms with Gasteiger partial charge in [-0.3, -0.25) is 4.79 Å². The zero-order valence-corrected chi connectivity index (χ0v) is 37.9. The van der Waals surface area contributed by atoms with Crippen molar-refractivity contribution >= 4 is 55.7 Å². The van der Waals surface area contributed by atoms with Crippen LogP contribution in [0.5, 0.6) is 11.5 Å². The first-order chi connectivity index (χ1) is 29.2. The van der Waals surface area contributed by atoms with Gasteiger partial charge in [0.05, 0.1) is 51.8 Å². The molecular weight excluding hydrogens is 840 g/mol. The number of aliphatic hydroxyl groups is 2. The maximum Gasteiger partial charge on any atom is 0.257 e. The Morgan fingerprint density at radius 1 is 0.935 bits per heavy atom. The molecule has 0 atom stereocenters. The van der Waals surface area contributed by atoms with Crippen molar-refractivity contribution in [2.75, 3.05) is 62.6 Å². The topological polar surface area (TPSA) is 127 Å². The summed E-state index contributed by atoms with van der Waals surface area (Å²) in [7, 11) is -2.19. The number of benzene rings is 3. The van der Waals surface area contributed by atoms with Crippen LogP contribution in [0.15, 0.2) is 29.2 Å². The van der Waals surface area contributed by atoms with Gasteiger partial charge in [0.2, 0.25) is 5.36 Å². The van der Waals surface area contributed by atoms with Gasteiger partial charge in [-0.2, -0.15) is 0 Å². The Morgan fingerprint density at radius 3 is 2.31 bits per heavy atom. The van der Waals surface area contributed by atoms with Gasteiger partial charge in [-0.1, -0.05) is 6.08 Å². The van der Waals surface area contributed by atoms with E-state index in [0.29, 0.717) is 82.2 Å². The van der Waals surface area contributed by atoms with Gasteiger partial charge in [0.25, 0.3) is 5.91 Å². The predicted octanol–water partition coefficient (Wildman–Crippen LogP) is 5.56. The summed E-state index contributed by atoms with van der Waals surface area (Å²) in [6.07, 6.45) is 7.90. The fourth-order valence-electron chi connectivity index (χ4n) is 10.1. The number of carbonyl (C=O) groups is 2. The number of thioether (sulfide) groups is 1. The van der Waals surface area contributed by atoms with Crippen molar-refractivity contribution in [3.8, 4) is 11.5 Å². The number of rotatable bonds is 12. The van der Waals surface area contributed by atoms with Crippen LogP contribution in [0.4, 0.5) is 18.9 Å². The predicted molar refractivity (Wildman–Crippen MR) is 236 cm³/mol. The summed E-state index contributed by atoms with van der Waals surface area (Å²) in [6, 6.07) is 3.57. The third kappa shape index (κ3) is 7.30. The maximum absolute atomic E-state index is 18.1. The van der Waals surface area contributed by atoms with Crippen molar-refractivity contribution < 1.29 is 46.1 Å². The largest absolute Gasteiger partial charge is 0.455 e. The number of hydrogen-bond donors (Lipinski definition) is 2. The van der Waals surface area contributed by atoms with Crippen LogP contribution < -0.4 is 24.8 Å². The first-order valence-electron chi connectivity index (χ1n) is 21.1. The molecule has 0 radical (unpaired) electrons. The van der Waals surface area contributed by atoms with E-state index in [9.17, 15) is 28.2 Å². The number of nitrogens with zero attached hydrogens (tertiary/aromatic N) is 3. The molecule has 0 bridgehead atoms. The molecular formula is C47H53F3N3O7S2+. The van der Waals surface area contributed by atoms with Gasteiger partial charge in [-0.15, -0.1) is 11.8 Å². The van der Waals surface area contributed by atoms with Crippen molar-refractivity contribution in [2.45, 2.75) is 89.1 Å². The highest BCUT2D eigenvalue weighted by molar-refractivity contribution is 8.00. The molecule has 0 spiro atoms. The Hall–Kier alpha value is -4.44. The minimum atomic E-state index is -3.58. The molecule has 5 heterocycles. The van der Waals surface area contributed by atoms with E-state index in [0.717, 1.165) is 46.2 Å². The lowest BCUT2D eigenvalue weighted by Crippen LogP contribution is -2.53. The van der Waals surface area contributed by atoms with Crippen LogP contribution in [0.1, 0.15) is 104 Å². The van der Waals surface area contributed by atoms with Crippen LogP contribution >= 0.6 is 11.8 Å². The SMILES string of the molecule is CC(=O)CCCN(C)C(=O)c1c(F)c(F)c(SCCS(C)(=O)=O)c(F)c1C1=c2cc3c4c(c2Oc2c1cc1c5c2CCCN5C(C)(C)C=C1CO)CCC[N+]=4C(C)(C)C=C3CO. The summed E-state index contributed by atoms with van der Waals surface area (Å²) in [5.41, 5.74) is 3.03. The van der Waals surface area contributed by atoms with Crippen LogP contribution in [-0.2, 0) is 27.5 Å². The highest BCUT2D eigenvalue weighted by Crippen LogP contribution is 2.53. The summed E-state index contributed by atoms with van der Waals surface area (Å²) < 4.78 is 85.5. The summed E-state index contributed by atoms with van der Waals surface area (Å²) >= 11 is 0.515. The molecule has 0 saturated carbocycles. The number of Topliss-reactive ketones (excluding diaryl/α,β-unsaturated/α-hetero) is 1. The third-order valence-corrected chi connectivity index (χ3v) is 15.1. The zero-order valence-electron chi connectivity index (χ0n) is 36.2. The second-order valence-corrected chi connectivity index (χ2v) is 21.6. The average Bonchev–Trinajstić information content (AvgIpc) is 3.21. The highest BCUT2D eigenvalue weighted by Gasteiger charge is 2.44. The minimum Gasteiger partial charge on any atom is -0.455 e. The van der Waals surface area contributed by atoms with E-state index in [1.807, 2.05) is 12.2 Å². The Bertz CT molecular complexity index is 2800. The number of hydrogen-bond acceptors (Lipinski definition) is 9. The van der Waals surface area contributed by atoms with Gasteiger partial charge in [0, 0.05) is 91.9 Å². The van der Waals surface area contributed by atoms with Gasteiger partial charge in [-0.05, 0) is 75.8 Å². The van der Waals surface area contributed by atoms with E-state index >= 15 is 13.2 Å². The third-order valence-electron chi connectivity index (χ3n) is 12.9. The van der Waals surface area contributed by atoms with Gasteiger partial charge >= 0.3 is 0 Å². The number of ether oxygens (including phenoxy) is 1. The molecule has 3 aromatic carbocycles. The summed E-state index contributed by atoms with van der Waals surface area (Å²) in [4.78, 5) is 29.2. The summed E-state index contributed by atoms with van der Waals surface area (Å²) in [6.45, 7) is 10.5. The number of amides is 1. The number of fused-ring (bicyclic) bond motifs is 4. The monoisotopic (exact) mass is 892 g/mol. The molecule has 0 unspecified atom stereocenters. The van der Waals surface area contributed by atoms with Gasteiger partial charge in [0.1, 0.15) is 39.5 Å². The molecule has 15 heteroatoms. The Balaban J connectivity index is 1.55. The van der Waals surface area contributed by atoms with Crippen LogP contribution in [0.3, 0.4) is 0 Å².